The molecule has 0 fully saturated rings. The molecule has 24 heteroatoms. The summed E-state index contributed by atoms with van der Waals surface area (Å²) in [6.45, 7) is 0.193. The topological polar surface area (TPSA) is 160 Å². The van der Waals surface area contributed by atoms with Crippen molar-refractivity contribution < 1.29 is 64.3 Å². The van der Waals surface area contributed by atoms with E-state index in [0.29, 0.717) is 33.6 Å². The van der Waals surface area contributed by atoms with E-state index in [4.69, 9.17) is 18.9 Å². The van der Waals surface area contributed by atoms with Crippen molar-refractivity contribution in [1.82, 2.24) is 0 Å². The van der Waals surface area contributed by atoms with Gasteiger partial charge >= 0.3 is 30.1 Å². The van der Waals surface area contributed by atoms with Gasteiger partial charge < -0.3 is 18.9 Å². The number of halogens is 12. The van der Waals surface area contributed by atoms with E-state index in [1.54, 1.807) is 36.4 Å². The predicted octanol–water partition coefficient (Wildman–Crippen LogP) is 11.2. The molecule has 298 valence electrons. The molecule has 4 rings (SSSR count). The van der Waals surface area contributed by atoms with Crippen LogP contribution in [0, 0.1) is 32.1 Å². The van der Waals surface area contributed by atoms with Crippen LogP contribution in [0.1, 0.15) is 48.4 Å². The van der Waals surface area contributed by atoms with Crippen LogP contribution in [-0.2, 0) is 14.9 Å². The van der Waals surface area contributed by atoms with E-state index in [-0.39, 0.29) is 24.2 Å². The Bertz CT molecular complexity index is 2360. The molecule has 0 aromatic heterocycles. The van der Waals surface area contributed by atoms with E-state index in [9.17, 15) is 45.3 Å². The van der Waals surface area contributed by atoms with Crippen LogP contribution in [-0.4, -0.2) is 54.4 Å². The smallest absolute Gasteiger partial charge is 0.429 e. The minimum atomic E-state index is -5.59. The Hall–Kier alpha value is 1.03. The Kier molecular flexibility index (Phi) is 17.8. The summed E-state index contributed by atoms with van der Waals surface area (Å²) < 4.78 is 102. The summed E-state index contributed by atoms with van der Waals surface area (Å²) in [7, 11) is -5.43. The molecule has 0 saturated heterocycles. The molecule has 56 heavy (non-hydrogen) atoms. The quantitative estimate of drug-likeness (QED) is 0.0697. The first kappa shape index (κ1) is 49.7. The number of carbonyl (C=O) groups is 4. The van der Waals surface area contributed by atoms with Gasteiger partial charge in [-0.1, -0.05) is 0 Å². The molecule has 1 N–H and O–H groups in total. The van der Waals surface area contributed by atoms with Crippen molar-refractivity contribution in [3.63, 3.8) is 0 Å². The third-order valence-electron chi connectivity index (χ3n) is 6.89. The van der Waals surface area contributed by atoms with E-state index in [2.05, 4.69) is 22.6 Å². The molecule has 1 atom stereocenters. The minimum absolute atomic E-state index is 0.0130. The van der Waals surface area contributed by atoms with Crippen molar-refractivity contribution in [3.05, 3.63) is 103 Å². The van der Waals surface area contributed by atoms with Gasteiger partial charge in [0.15, 0.2) is 17.2 Å². The van der Waals surface area contributed by atoms with E-state index in [1.165, 1.54) is 0 Å². The fraction of sp³-hybridized carbons (Fsp3) is 0.125. The van der Waals surface area contributed by atoms with Gasteiger partial charge in [-0.15, -0.1) is 0 Å². The lowest BCUT2D eigenvalue weighted by molar-refractivity contribution is -0.243. The fourth-order valence-corrected chi connectivity index (χ4v) is 16.7. The highest BCUT2D eigenvalue weighted by Crippen LogP contribution is 2.38. The zero-order valence-corrected chi connectivity index (χ0v) is 47.0. The number of hydrogen-bond donors (Lipinski definition) is 1. The van der Waals surface area contributed by atoms with Crippen LogP contribution in [0.2, 0.25) is 0 Å². The molecule has 0 aliphatic rings. The summed E-state index contributed by atoms with van der Waals surface area (Å²) in [6, 6.07) is 11.3. The molecule has 4 aromatic rings. The lowest BCUT2D eigenvalue weighted by Gasteiger charge is -2.30. The Labute approximate surface area is 438 Å². The Morgan fingerprint density at radius 3 is 1.02 bits per heavy atom. The molecule has 0 amide bonds. The lowest BCUT2D eigenvalue weighted by Crippen LogP contribution is -2.51. The molecule has 0 heterocycles. The minimum Gasteiger partial charge on any atom is -0.445 e. The van der Waals surface area contributed by atoms with Crippen molar-refractivity contribution in [3.8, 4) is 17.2 Å². The third-order valence-corrected chi connectivity index (χ3v) is 14.5. The van der Waals surface area contributed by atoms with E-state index >= 15 is 0 Å². The molecule has 0 spiro atoms. The largest absolute Gasteiger partial charge is 0.445 e. The highest BCUT2D eigenvalue weighted by Gasteiger charge is 2.57. The summed E-state index contributed by atoms with van der Waals surface area (Å²) in [4.78, 5) is 56.0. The zero-order chi connectivity index (χ0) is 42.2. The molecule has 1 unspecified atom stereocenters. The van der Waals surface area contributed by atoms with Gasteiger partial charge in [-0.3, -0.25) is 4.55 Å². The predicted molar refractivity (Wildman–Crippen MR) is 271 cm³/mol. The molecular weight excluding hydrogens is 1790 g/mol. The SMILES string of the molecule is CC(CS(=O)(=O)O)(OC(=O)c1cc(C(=O)Oc2c(I)cc(I)cc2I)c(C(=O)Oc2c(I)cc(I)cc2I)cc1C(=O)Oc1c(I)cc(I)cc1I)C(F)(F)F. The standard InChI is InChI=1S/C32H14F3I9O11S/c1-31(32(33,34)35,10-56(49,50)51)55-30(48)17-9-15(28(46)53-25-20(41)4-12(37)5-21(25)42)14(27(45)52-24-18(39)2-11(36)3-19(24)40)8-16(17)29(47)54-26-22(43)6-13(38)7-23(26)44/h2-9H,10H2,1H3,(H,49,50,51). The fourth-order valence-electron chi connectivity index (χ4n) is 4.37. The normalized spacial score (nSPS) is 12.8. The molecule has 0 radical (unpaired) electrons. The van der Waals surface area contributed by atoms with E-state index in [1.807, 2.05) is 181 Å². The number of esters is 4. The maximum absolute atomic E-state index is 14.3. The average Bonchev–Trinajstić information content (AvgIpc) is 3.03. The van der Waals surface area contributed by atoms with Crippen LogP contribution < -0.4 is 14.2 Å². The lowest BCUT2D eigenvalue weighted by atomic mass is 9.97. The Morgan fingerprint density at radius 2 is 0.786 bits per heavy atom. The second-order valence-corrected chi connectivity index (χ2v) is 23.2. The van der Waals surface area contributed by atoms with Gasteiger partial charge in [0.25, 0.3) is 10.1 Å². The van der Waals surface area contributed by atoms with Crippen LogP contribution in [0.5, 0.6) is 17.2 Å². The first-order valence-electron chi connectivity index (χ1n) is 14.2. The number of hydrogen-bond acceptors (Lipinski definition) is 10. The molecule has 0 aliphatic heterocycles. The van der Waals surface area contributed by atoms with Crippen LogP contribution >= 0.6 is 203 Å². The van der Waals surface area contributed by atoms with E-state index in [0.717, 1.165) is 10.7 Å². The summed E-state index contributed by atoms with van der Waals surface area (Å²) >= 11 is 17.5. The number of rotatable bonds is 10. The van der Waals surface area contributed by atoms with Gasteiger partial charge in [-0.2, -0.15) is 21.6 Å². The third kappa shape index (κ3) is 12.6. The van der Waals surface area contributed by atoms with Crippen molar-refractivity contribution in [2.45, 2.75) is 18.7 Å². The molecule has 0 bridgehead atoms. The van der Waals surface area contributed by atoms with Crippen LogP contribution in [0.25, 0.3) is 0 Å². The summed E-state index contributed by atoms with van der Waals surface area (Å²) in [5.74, 6) is -7.92. The highest BCUT2D eigenvalue weighted by atomic mass is 127. The number of benzene rings is 4. The Morgan fingerprint density at radius 1 is 0.536 bits per heavy atom. The number of alkyl halides is 3. The average molecular weight is 1810 g/mol. The molecule has 0 aliphatic carbocycles. The van der Waals surface area contributed by atoms with Gasteiger partial charge in [0.05, 0.1) is 43.7 Å². The van der Waals surface area contributed by atoms with Crippen molar-refractivity contribution in [2.24, 2.45) is 0 Å². The van der Waals surface area contributed by atoms with Crippen LogP contribution in [0.15, 0.2) is 48.5 Å². The molecule has 4 aromatic carbocycles. The van der Waals surface area contributed by atoms with Gasteiger partial charge in [0.2, 0.25) is 5.60 Å². The monoisotopic (exact) mass is 1810 g/mol. The summed E-state index contributed by atoms with van der Waals surface area (Å²) in [5, 5.41) is 0. The van der Waals surface area contributed by atoms with Crippen LogP contribution in [0.3, 0.4) is 0 Å². The summed E-state index contributed by atoms with van der Waals surface area (Å²) in [6.07, 6.45) is -5.59. The second-order valence-electron chi connectivity index (χ2n) is 11.1. The molecular formula is C32H14F3I9O11S. The number of ether oxygens (including phenoxy) is 4. The summed E-state index contributed by atoms with van der Waals surface area (Å²) in [5.41, 5.74) is -7.21. The van der Waals surface area contributed by atoms with Gasteiger partial charge in [-0.25, -0.2) is 19.2 Å². The first-order chi connectivity index (χ1) is 25.7. The first-order valence-corrected chi connectivity index (χ1v) is 25.6. The van der Waals surface area contributed by atoms with Crippen LogP contribution in [0.4, 0.5) is 13.2 Å². The maximum Gasteiger partial charge on any atom is 0.429 e. The zero-order valence-electron chi connectivity index (χ0n) is 26.8. The molecule has 11 nitrogen and oxygen atoms in total. The Balaban J connectivity index is 2.02. The van der Waals surface area contributed by atoms with E-state index < -0.39 is 73.8 Å². The van der Waals surface area contributed by atoms with Gasteiger partial charge in [-0.05, 0) is 259 Å². The highest BCUT2D eigenvalue weighted by molar-refractivity contribution is 14.1. The second kappa shape index (κ2) is 20.0. The number of carbonyl (C=O) groups excluding carboxylic acids is 4. The van der Waals surface area contributed by atoms with Crippen molar-refractivity contribution >= 4 is 237 Å². The molecule has 0 saturated carbocycles. The van der Waals surface area contributed by atoms with Crippen molar-refractivity contribution in [1.29, 1.82) is 0 Å². The van der Waals surface area contributed by atoms with Gasteiger partial charge in [0.1, 0.15) is 5.75 Å². The van der Waals surface area contributed by atoms with Crippen molar-refractivity contribution in [2.75, 3.05) is 5.75 Å². The maximum atomic E-state index is 14.3. The van der Waals surface area contributed by atoms with Gasteiger partial charge in [0, 0.05) is 10.7 Å².